The lowest BCUT2D eigenvalue weighted by atomic mass is 9.81. The molecular formula is C15H26N2O3. The highest BCUT2D eigenvalue weighted by Gasteiger charge is 2.55. The minimum absolute atomic E-state index is 0.0132. The van der Waals surface area contributed by atoms with Crippen LogP contribution in [-0.2, 0) is 9.59 Å². The highest BCUT2D eigenvalue weighted by Crippen LogP contribution is 2.49. The van der Waals surface area contributed by atoms with Gasteiger partial charge in [0.2, 0.25) is 5.91 Å². The molecule has 2 aliphatic rings. The van der Waals surface area contributed by atoms with E-state index in [1.54, 1.807) is 0 Å². The zero-order chi connectivity index (χ0) is 14.9. The normalized spacial score (nSPS) is 31.3. The monoisotopic (exact) mass is 282 g/mol. The quantitative estimate of drug-likeness (QED) is 0.798. The molecule has 3 atom stereocenters. The molecule has 1 saturated carbocycles. The molecule has 1 saturated heterocycles. The number of rotatable bonds is 5. The molecule has 0 spiro atoms. The van der Waals surface area contributed by atoms with E-state index in [4.69, 9.17) is 0 Å². The number of aliphatic carboxylic acids is 1. The Morgan fingerprint density at radius 1 is 1.40 bits per heavy atom. The summed E-state index contributed by atoms with van der Waals surface area (Å²) in [6.45, 7) is 7.93. The molecule has 1 aliphatic heterocycles. The highest BCUT2D eigenvalue weighted by atomic mass is 16.4. The fourth-order valence-corrected chi connectivity index (χ4v) is 3.59. The average Bonchev–Trinajstić information content (AvgIpc) is 2.92. The van der Waals surface area contributed by atoms with E-state index in [1.165, 1.54) is 0 Å². The molecule has 2 N–H and O–H groups in total. The van der Waals surface area contributed by atoms with E-state index in [0.717, 1.165) is 25.8 Å². The van der Waals surface area contributed by atoms with Crippen LogP contribution in [-0.4, -0.2) is 47.6 Å². The second-order valence-corrected chi connectivity index (χ2v) is 6.79. The molecule has 0 aromatic heterocycles. The maximum absolute atomic E-state index is 12.1. The second kappa shape index (κ2) is 5.72. The fourth-order valence-electron chi connectivity index (χ4n) is 3.59. The maximum atomic E-state index is 12.1. The molecule has 2 rings (SSSR count). The van der Waals surface area contributed by atoms with Crippen LogP contribution in [0.5, 0.6) is 0 Å². The number of carbonyl (C=O) groups excluding carboxylic acids is 1. The number of hydrogen-bond acceptors (Lipinski definition) is 3. The van der Waals surface area contributed by atoms with Crippen LogP contribution < -0.4 is 5.32 Å². The Hall–Kier alpha value is -1.10. The summed E-state index contributed by atoms with van der Waals surface area (Å²) in [5.74, 6) is -0.0358. The first-order valence-electron chi connectivity index (χ1n) is 7.62. The van der Waals surface area contributed by atoms with E-state index >= 15 is 0 Å². The van der Waals surface area contributed by atoms with Crippen molar-refractivity contribution in [2.45, 2.75) is 46.1 Å². The molecule has 0 bridgehead atoms. The van der Waals surface area contributed by atoms with Gasteiger partial charge in [0.05, 0.1) is 11.5 Å². The third kappa shape index (κ3) is 2.68. The van der Waals surface area contributed by atoms with Crippen LogP contribution in [0.15, 0.2) is 0 Å². The van der Waals surface area contributed by atoms with Crippen molar-refractivity contribution in [1.29, 1.82) is 0 Å². The minimum atomic E-state index is -0.683. The molecule has 5 nitrogen and oxygen atoms in total. The summed E-state index contributed by atoms with van der Waals surface area (Å²) in [6.07, 6.45) is 2.73. The smallest absolute Gasteiger partial charge is 0.311 e. The van der Waals surface area contributed by atoms with Gasteiger partial charge in [-0.2, -0.15) is 0 Å². The van der Waals surface area contributed by atoms with Gasteiger partial charge in [0, 0.05) is 19.6 Å². The predicted octanol–water partition coefficient (Wildman–Crippen LogP) is 1.33. The van der Waals surface area contributed by atoms with E-state index in [2.05, 4.69) is 19.2 Å². The highest BCUT2D eigenvalue weighted by molar-refractivity contribution is 5.82. The van der Waals surface area contributed by atoms with Gasteiger partial charge in [0.15, 0.2) is 0 Å². The van der Waals surface area contributed by atoms with Gasteiger partial charge < -0.3 is 10.4 Å². The summed E-state index contributed by atoms with van der Waals surface area (Å²) in [5.41, 5.74) is -0.605. The third-order valence-corrected chi connectivity index (χ3v) is 4.93. The van der Waals surface area contributed by atoms with Crippen LogP contribution in [0.3, 0.4) is 0 Å². The lowest BCUT2D eigenvalue weighted by Crippen LogP contribution is -2.46. The summed E-state index contributed by atoms with van der Waals surface area (Å²) >= 11 is 0. The lowest BCUT2D eigenvalue weighted by molar-refractivity contribution is -0.149. The van der Waals surface area contributed by atoms with Gasteiger partial charge in [0.25, 0.3) is 0 Å². The Morgan fingerprint density at radius 2 is 2.10 bits per heavy atom. The summed E-state index contributed by atoms with van der Waals surface area (Å²) in [7, 11) is 0. The standard InChI is InChI=1S/C15H26N2O3/c1-10(2)7-16-13(18)11(3)17-8-12-5-4-6-15(12,9-17)14(19)20/h10-12H,4-9H2,1-3H3,(H,16,18)(H,19,20)/t11?,12-,15+/m0/s1. The molecular weight excluding hydrogens is 256 g/mol. The molecule has 1 heterocycles. The number of fused-ring (bicyclic) bond motifs is 1. The number of carboxylic acid groups (broad SMARTS) is 1. The largest absolute Gasteiger partial charge is 0.481 e. The van der Waals surface area contributed by atoms with E-state index in [9.17, 15) is 14.7 Å². The predicted molar refractivity (Wildman–Crippen MR) is 76.3 cm³/mol. The molecule has 0 aromatic rings. The summed E-state index contributed by atoms with van der Waals surface area (Å²) in [4.78, 5) is 25.8. The number of nitrogens with one attached hydrogen (secondary N) is 1. The molecule has 1 unspecified atom stereocenters. The Balaban J connectivity index is 1.98. The van der Waals surface area contributed by atoms with Crippen molar-refractivity contribution >= 4 is 11.9 Å². The van der Waals surface area contributed by atoms with Gasteiger partial charge >= 0.3 is 5.97 Å². The zero-order valence-electron chi connectivity index (χ0n) is 12.7. The Bertz CT molecular complexity index is 397. The first-order chi connectivity index (χ1) is 9.36. The molecule has 0 aromatic carbocycles. The number of carboxylic acids is 1. The van der Waals surface area contributed by atoms with E-state index in [-0.39, 0.29) is 17.9 Å². The van der Waals surface area contributed by atoms with Gasteiger partial charge in [-0.25, -0.2) is 0 Å². The molecule has 5 heteroatoms. The number of hydrogen-bond donors (Lipinski definition) is 2. The number of nitrogens with zero attached hydrogens (tertiary/aromatic N) is 1. The number of carbonyl (C=O) groups is 2. The zero-order valence-corrected chi connectivity index (χ0v) is 12.7. The first-order valence-corrected chi connectivity index (χ1v) is 7.62. The molecule has 1 aliphatic carbocycles. The average molecular weight is 282 g/mol. The van der Waals surface area contributed by atoms with Crippen LogP contribution in [0, 0.1) is 17.3 Å². The van der Waals surface area contributed by atoms with Crippen molar-refractivity contribution in [3.63, 3.8) is 0 Å². The van der Waals surface area contributed by atoms with Gasteiger partial charge in [-0.15, -0.1) is 0 Å². The molecule has 20 heavy (non-hydrogen) atoms. The Kier molecular flexibility index (Phi) is 4.37. The van der Waals surface area contributed by atoms with Crippen LogP contribution in [0.25, 0.3) is 0 Å². The van der Waals surface area contributed by atoms with E-state index in [0.29, 0.717) is 19.0 Å². The van der Waals surface area contributed by atoms with Gasteiger partial charge in [-0.1, -0.05) is 20.3 Å². The maximum Gasteiger partial charge on any atom is 0.311 e. The minimum Gasteiger partial charge on any atom is -0.481 e. The molecule has 0 radical (unpaired) electrons. The summed E-state index contributed by atoms with van der Waals surface area (Å²) in [5, 5.41) is 12.5. The van der Waals surface area contributed by atoms with E-state index in [1.807, 2.05) is 11.8 Å². The van der Waals surface area contributed by atoms with Crippen molar-refractivity contribution in [2.75, 3.05) is 19.6 Å². The molecule has 2 fully saturated rings. The lowest BCUT2D eigenvalue weighted by Gasteiger charge is -2.26. The topological polar surface area (TPSA) is 69.6 Å². The Labute approximate surface area is 120 Å². The molecule has 114 valence electrons. The van der Waals surface area contributed by atoms with Gasteiger partial charge in [-0.05, 0) is 31.6 Å². The van der Waals surface area contributed by atoms with Crippen molar-refractivity contribution < 1.29 is 14.7 Å². The SMILES string of the molecule is CC(C)CNC(=O)C(C)N1C[C@@H]2CCC[C@@]2(C(=O)O)C1. The fraction of sp³-hybridized carbons (Fsp3) is 0.867. The van der Waals surface area contributed by atoms with Crippen LogP contribution in [0.2, 0.25) is 0 Å². The van der Waals surface area contributed by atoms with Crippen LogP contribution >= 0.6 is 0 Å². The van der Waals surface area contributed by atoms with Crippen molar-refractivity contribution in [3.8, 4) is 0 Å². The van der Waals surface area contributed by atoms with Crippen molar-refractivity contribution in [1.82, 2.24) is 10.2 Å². The molecule has 1 amide bonds. The first kappa shape index (κ1) is 15.3. The van der Waals surface area contributed by atoms with Crippen LogP contribution in [0.4, 0.5) is 0 Å². The third-order valence-electron chi connectivity index (χ3n) is 4.93. The second-order valence-electron chi connectivity index (χ2n) is 6.79. The number of amides is 1. The van der Waals surface area contributed by atoms with E-state index < -0.39 is 11.4 Å². The van der Waals surface area contributed by atoms with Crippen molar-refractivity contribution in [2.24, 2.45) is 17.3 Å². The summed E-state index contributed by atoms with van der Waals surface area (Å²) < 4.78 is 0. The Morgan fingerprint density at radius 3 is 2.65 bits per heavy atom. The van der Waals surface area contributed by atoms with Gasteiger partial charge in [0.1, 0.15) is 0 Å². The van der Waals surface area contributed by atoms with Gasteiger partial charge in [-0.3, -0.25) is 14.5 Å². The number of likely N-dealkylation sites (tertiary alicyclic amines) is 1. The summed E-state index contributed by atoms with van der Waals surface area (Å²) in [6, 6.07) is -0.240. The van der Waals surface area contributed by atoms with Crippen LogP contribution in [0.1, 0.15) is 40.0 Å². The van der Waals surface area contributed by atoms with Crippen molar-refractivity contribution in [3.05, 3.63) is 0 Å².